The van der Waals surface area contributed by atoms with E-state index < -0.39 is 36.0 Å². The third-order valence-corrected chi connectivity index (χ3v) is 4.74. The summed E-state index contributed by atoms with van der Waals surface area (Å²) in [5, 5.41) is 2.62. The summed E-state index contributed by atoms with van der Waals surface area (Å²) in [6, 6.07) is 11.5. The molecular weight excluding hydrogens is 388 g/mol. The molecule has 0 saturated carbocycles. The Morgan fingerprint density at radius 3 is 2.37 bits per heavy atom. The van der Waals surface area contributed by atoms with Crippen LogP contribution in [0.15, 0.2) is 48.5 Å². The predicted octanol–water partition coefficient (Wildman–Crippen LogP) is 1.40. The number of nitrogens with two attached hydrogens (primary N) is 1. The highest BCUT2D eigenvalue weighted by Crippen LogP contribution is 2.24. The first-order chi connectivity index (χ1) is 14.2. The van der Waals surface area contributed by atoms with Crippen LogP contribution in [0.3, 0.4) is 0 Å². The molecule has 3 rings (SSSR count). The number of hydrogen-bond donors (Lipinski definition) is 2. The lowest BCUT2D eigenvalue weighted by atomic mass is 10.1. The molecule has 0 spiro atoms. The van der Waals surface area contributed by atoms with Crippen molar-refractivity contribution in [3.8, 4) is 5.75 Å². The standard InChI is InChI=1S/C21H22N4O5/c1-12-11-14(9-10-16(12)30-13(2)26)19(27)23-17-18(22)25(15-7-5-4-6-8-15)21(29)24(3)20(17)28/h4-11,17-18H,22H2,1-3H3,(H,23,27). The van der Waals surface area contributed by atoms with E-state index in [1.165, 1.54) is 37.1 Å². The molecule has 2 unspecified atom stereocenters. The maximum atomic E-state index is 12.8. The smallest absolute Gasteiger partial charge is 0.332 e. The van der Waals surface area contributed by atoms with Crippen LogP contribution in [0.1, 0.15) is 22.8 Å². The van der Waals surface area contributed by atoms with Gasteiger partial charge in [-0.25, -0.2) is 4.79 Å². The molecule has 0 aromatic heterocycles. The van der Waals surface area contributed by atoms with Gasteiger partial charge in [0, 0.05) is 25.2 Å². The highest BCUT2D eigenvalue weighted by molar-refractivity contribution is 6.09. The van der Waals surface area contributed by atoms with Crippen LogP contribution in [0, 0.1) is 6.92 Å². The van der Waals surface area contributed by atoms with E-state index in [-0.39, 0.29) is 5.56 Å². The molecule has 1 saturated heterocycles. The number of hydrogen-bond acceptors (Lipinski definition) is 6. The minimum absolute atomic E-state index is 0.259. The summed E-state index contributed by atoms with van der Waals surface area (Å²) in [6.07, 6.45) is -1.09. The zero-order chi connectivity index (χ0) is 22.0. The van der Waals surface area contributed by atoms with Crippen molar-refractivity contribution >= 4 is 29.5 Å². The molecule has 1 aliphatic rings. The lowest BCUT2D eigenvalue weighted by Gasteiger charge is -2.41. The number of carbonyl (C=O) groups excluding carboxylic acids is 4. The number of para-hydroxylation sites is 1. The summed E-state index contributed by atoms with van der Waals surface area (Å²) in [5.41, 5.74) is 7.57. The molecule has 30 heavy (non-hydrogen) atoms. The molecule has 2 atom stereocenters. The fourth-order valence-electron chi connectivity index (χ4n) is 3.19. The van der Waals surface area contributed by atoms with Crippen molar-refractivity contribution in [3.63, 3.8) is 0 Å². The quantitative estimate of drug-likeness (QED) is 0.580. The Bertz CT molecular complexity index is 1010. The van der Waals surface area contributed by atoms with Crippen molar-refractivity contribution in [1.29, 1.82) is 0 Å². The molecule has 9 heteroatoms. The average molecular weight is 410 g/mol. The summed E-state index contributed by atoms with van der Waals surface area (Å²) in [4.78, 5) is 51.4. The Morgan fingerprint density at radius 1 is 1.10 bits per heavy atom. The second kappa shape index (κ2) is 8.34. The Balaban J connectivity index is 1.84. The van der Waals surface area contributed by atoms with Crippen LogP contribution in [-0.4, -0.2) is 48.0 Å². The summed E-state index contributed by atoms with van der Waals surface area (Å²) < 4.78 is 5.06. The molecule has 0 aliphatic carbocycles. The number of imide groups is 1. The zero-order valence-electron chi connectivity index (χ0n) is 16.8. The molecule has 2 aromatic carbocycles. The molecule has 2 aromatic rings. The van der Waals surface area contributed by atoms with Crippen molar-refractivity contribution in [2.45, 2.75) is 26.1 Å². The molecule has 0 radical (unpaired) electrons. The van der Waals surface area contributed by atoms with E-state index >= 15 is 0 Å². The molecule has 1 fully saturated rings. The first kappa shape index (κ1) is 21.0. The van der Waals surface area contributed by atoms with Gasteiger partial charge < -0.3 is 15.8 Å². The summed E-state index contributed by atoms with van der Waals surface area (Å²) >= 11 is 0. The molecule has 1 heterocycles. The number of nitrogens with zero attached hydrogens (tertiary/aromatic N) is 2. The van der Waals surface area contributed by atoms with Crippen LogP contribution in [0.25, 0.3) is 0 Å². The van der Waals surface area contributed by atoms with Crippen LogP contribution >= 0.6 is 0 Å². The van der Waals surface area contributed by atoms with Gasteiger partial charge in [0.25, 0.3) is 11.8 Å². The summed E-state index contributed by atoms with van der Waals surface area (Å²) in [5.74, 6) is -1.29. The number of ether oxygens (including phenoxy) is 1. The fourth-order valence-corrected chi connectivity index (χ4v) is 3.19. The Kier molecular flexibility index (Phi) is 5.84. The SMILES string of the molecule is CC(=O)Oc1ccc(C(=O)NC2C(=O)N(C)C(=O)N(c3ccccc3)C2N)cc1C. The van der Waals surface area contributed by atoms with Gasteiger partial charge in [0.15, 0.2) is 0 Å². The van der Waals surface area contributed by atoms with E-state index in [0.717, 1.165) is 4.90 Å². The summed E-state index contributed by atoms with van der Waals surface area (Å²) in [6.45, 7) is 2.97. The third-order valence-electron chi connectivity index (χ3n) is 4.74. The number of benzene rings is 2. The van der Waals surface area contributed by atoms with E-state index in [1.807, 2.05) is 0 Å². The van der Waals surface area contributed by atoms with E-state index in [0.29, 0.717) is 17.0 Å². The van der Waals surface area contributed by atoms with Gasteiger partial charge in [-0.05, 0) is 42.8 Å². The van der Waals surface area contributed by atoms with Crippen molar-refractivity contribution in [2.24, 2.45) is 5.73 Å². The minimum atomic E-state index is -1.14. The van der Waals surface area contributed by atoms with Gasteiger partial charge in [-0.2, -0.15) is 0 Å². The number of carbonyl (C=O) groups is 4. The lowest BCUT2D eigenvalue weighted by molar-refractivity contribution is -0.132. The van der Waals surface area contributed by atoms with Crippen LogP contribution in [0.5, 0.6) is 5.75 Å². The molecule has 1 aliphatic heterocycles. The van der Waals surface area contributed by atoms with Gasteiger partial charge in [0.2, 0.25) is 0 Å². The number of nitrogens with one attached hydrogen (secondary N) is 1. The largest absolute Gasteiger partial charge is 0.426 e. The van der Waals surface area contributed by atoms with E-state index in [2.05, 4.69) is 5.32 Å². The highest BCUT2D eigenvalue weighted by Gasteiger charge is 2.44. The van der Waals surface area contributed by atoms with E-state index in [4.69, 9.17) is 10.5 Å². The summed E-state index contributed by atoms with van der Waals surface area (Å²) in [7, 11) is 1.34. The Hall–Kier alpha value is -3.72. The monoisotopic (exact) mass is 410 g/mol. The molecule has 9 nitrogen and oxygen atoms in total. The zero-order valence-corrected chi connectivity index (χ0v) is 16.8. The van der Waals surface area contributed by atoms with Crippen LogP contribution in [0.2, 0.25) is 0 Å². The van der Waals surface area contributed by atoms with Gasteiger partial charge in [-0.15, -0.1) is 0 Å². The predicted molar refractivity (Wildman–Crippen MR) is 109 cm³/mol. The number of esters is 1. The first-order valence-electron chi connectivity index (χ1n) is 9.22. The number of amides is 4. The number of likely N-dealkylation sites (N-methyl/N-ethyl adjacent to an activating group) is 1. The van der Waals surface area contributed by atoms with Gasteiger partial charge >= 0.3 is 12.0 Å². The van der Waals surface area contributed by atoms with Gasteiger partial charge in [-0.1, -0.05) is 18.2 Å². The van der Waals surface area contributed by atoms with Crippen LogP contribution in [0.4, 0.5) is 10.5 Å². The second-order valence-electron chi connectivity index (χ2n) is 6.90. The van der Waals surface area contributed by atoms with Gasteiger partial charge in [-0.3, -0.25) is 24.2 Å². The van der Waals surface area contributed by atoms with Gasteiger partial charge in [0.1, 0.15) is 18.0 Å². The average Bonchev–Trinajstić information content (AvgIpc) is 2.71. The van der Waals surface area contributed by atoms with Crippen LogP contribution in [-0.2, 0) is 9.59 Å². The Morgan fingerprint density at radius 2 is 1.77 bits per heavy atom. The molecule has 3 N–H and O–H groups in total. The van der Waals surface area contributed by atoms with Gasteiger partial charge in [0.05, 0.1) is 0 Å². The van der Waals surface area contributed by atoms with E-state index in [1.54, 1.807) is 37.3 Å². The normalized spacial score (nSPS) is 18.9. The lowest BCUT2D eigenvalue weighted by Crippen LogP contribution is -2.71. The third kappa shape index (κ3) is 4.01. The van der Waals surface area contributed by atoms with Crippen molar-refractivity contribution in [1.82, 2.24) is 10.2 Å². The molecule has 4 amide bonds. The number of aryl methyl sites for hydroxylation is 1. The van der Waals surface area contributed by atoms with Crippen LogP contribution < -0.4 is 20.7 Å². The first-order valence-corrected chi connectivity index (χ1v) is 9.22. The molecular formula is C21H22N4O5. The van der Waals surface area contributed by atoms with Crippen molar-refractivity contribution in [2.75, 3.05) is 11.9 Å². The second-order valence-corrected chi connectivity index (χ2v) is 6.90. The van der Waals surface area contributed by atoms with Crippen molar-refractivity contribution in [3.05, 3.63) is 59.7 Å². The maximum absolute atomic E-state index is 12.8. The highest BCUT2D eigenvalue weighted by atomic mass is 16.5. The number of anilines is 1. The topological polar surface area (TPSA) is 122 Å². The molecule has 156 valence electrons. The minimum Gasteiger partial charge on any atom is -0.426 e. The number of rotatable bonds is 4. The number of urea groups is 1. The fraction of sp³-hybridized carbons (Fsp3) is 0.238. The van der Waals surface area contributed by atoms with Crippen molar-refractivity contribution < 1.29 is 23.9 Å². The van der Waals surface area contributed by atoms with E-state index in [9.17, 15) is 19.2 Å². The Labute approximate surface area is 173 Å². The molecule has 0 bridgehead atoms. The maximum Gasteiger partial charge on any atom is 0.332 e.